The zero-order valence-corrected chi connectivity index (χ0v) is 12.6. The molecule has 0 saturated carbocycles. The third-order valence-electron chi connectivity index (χ3n) is 3.17. The van der Waals surface area contributed by atoms with E-state index in [1.807, 2.05) is 0 Å². The van der Waals surface area contributed by atoms with Crippen molar-refractivity contribution in [3.05, 3.63) is 12.4 Å². The summed E-state index contributed by atoms with van der Waals surface area (Å²) in [6.45, 7) is 5.56. The molecule has 1 rings (SSSR count). The molecule has 0 aromatic carbocycles. The van der Waals surface area contributed by atoms with E-state index in [2.05, 4.69) is 33.3 Å². The molecule has 0 bridgehead atoms. The van der Waals surface area contributed by atoms with Crippen LogP contribution in [0.2, 0.25) is 0 Å². The van der Waals surface area contributed by atoms with Gasteiger partial charge in [0.05, 0.1) is 24.6 Å². The smallest absolute Gasteiger partial charge is 0.0893 e. The monoisotopic (exact) mass is 289 g/mol. The molecule has 0 spiro atoms. The Hall–Kier alpha value is -0.590. The molecule has 1 atom stereocenters. The van der Waals surface area contributed by atoms with Crippen LogP contribution >= 0.6 is 0 Å². The average molecular weight is 289 g/mol. The van der Waals surface area contributed by atoms with Gasteiger partial charge in [0.15, 0.2) is 0 Å². The molecule has 0 aliphatic carbocycles. The number of unbranched alkanes of at least 4 members (excludes halogenated alkanes) is 4. The van der Waals surface area contributed by atoms with Gasteiger partial charge in [0.2, 0.25) is 0 Å². The zero-order valence-electron chi connectivity index (χ0n) is 11.8. The SMILES string of the molecule is CCCCCCN1C=CN(CCCCOS(=O)[O-])C1. The van der Waals surface area contributed by atoms with E-state index in [1.54, 1.807) is 0 Å². The standard InChI is InChI=1S/C13H26N2O3S/c1-2-3-4-5-8-14-10-11-15(13-14)9-6-7-12-18-19(16)17/h10-11H,2-9,12-13H2,1H3,(H,16,17)/p-1. The first-order chi connectivity index (χ1) is 9.22. The van der Waals surface area contributed by atoms with E-state index in [0.29, 0.717) is 0 Å². The second-order valence-electron chi connectivity index (χ2n) is 4.86. The van der Waals surface area contributed by atoms with Crippen LogP contribution in [0.15, 0.2) is 12.4 Å². The van der Waals surface area contributed by atoms with Gasteiger partial charge >= 0.3 is 0 Å². The molecule has 0 fully saturated rings. The summed E-state index contributed by atoms with van der Waals surface area (Å²) in [6, 6.07) is 0. The van der Waals surface area contributed by atoms with Gasteiger partial charge < -0.3 is 18.5 Å². The molecular formula is C13H25N2O3S-. The third-order valence-corrected chi connectivity index (χ3v) is 3.53. The van der Waals surface area contributed by atoms with Crippen molar-refractivity contribution in [1.29, 1.82) is 0 Å². The lowest BCUT2D eigenvalue weighted by Gasteiger charge is -2.21. The van der Waals surface area contributed by atoms with Crippen molar-refractivity contribution in [2.45, 2.75) is 45.4 Å². The van der Waals surface area contributed by atoms with E-state index in [-0.39, 0.29) is 6.61 Å². The Morgan fingerprint density at radius 2 is 1.74 bits per heavy atom. The average Bonchev–Trinajstić information content (AvgIpc) is 2.82. The molecule has 0 radical (unpaired) electrons. The van der Waals surface area contributed by atoms with Crippen LogP contribution in [0, 0.1) is 0 Å². The predicted molar refractivity (Wildman–Crippen MR) is 75.7 cm³/mol. The Balaban J connectivity index is 1.96. The normalized spacial score (nSPS) is 16.3. The van der Waals surface area contributed by atoms with Gasteiger partial charge in [0, 0.05) is 25.5 Å². The number of nitrogens with zero attached hydrogens (tertiary/aromatic N) is 2. The first-order valence-electron chi connectivity index (χ1n) is 7.11. The minimum atomic E-state index is -2.37. The predicted octanol–water partition coefficient (Wildman–Crippen LogP) is 2.20. The van der Waals surface area contributed by atoms with Crippen molar-refractivity contribution >= 4 is 11.4 Å². The summed E-state index contributed by atoms with van der Waals surface area (Å²) in [5.41, 5.74) is 0. The maximum Gasteiger partial charge on any atom is 0.0893 e. The summed E-state index contributed by atoms with van der Waals surface area (Å²) in [5, 5.41) is 0. The minimum absolute atomic E-state index is 0.286. The van der Waals surface area contributed by atoms with Gasteiger partial charge in [-0.15, -0.1) is 0 Å². The van der Waals surface area contributed by atoms with E-state index in [9.17, 15) is 8.76 Å². The summed E-state index contributed by atoms with van der Waals surface area (Å²) in [4.78, 5) is 4.59. The highest BCUT2D eigenvalue weighted by Crippen LogP contribution is 2.10. The Morgan fingerprint density at radius 3 is 2.32 bits per heavy atom. The maximum absolute atomic E-state index is 10.2. The Labute approximate surface area is 119 Å². The van der Waals surface area contributed by atoms with Crippen LogP contribution < -0.4 is 0 Å². The van der Waals surface area contributed by atoms with Gasteiger partial charge in [0.25, 0.3) is 0 Å². The first kappa shape index (κ1) is 16.5. The van der Waals surface area contributed by atoms with Gasteiger partial charge in [0.1, 0.15) is 0 Å². The lowest BCUT2D eigenvalue weighted by atomic mass is 10.2. The fourth-order valence-electron chi connectivity index (χ4n) is 2.09. The molecule has 19 heavy (non-hydrogen) atoms. The topological polar surface area (TPSA) is 55.8 Å². The van der Waals surface area contributed by atoms with Crippen molar-refractivity contribution in [2.75, 3.05) is 26.4 Å². The highest BCUT2D eigenvalue weighted by Gasteiger charge is 2.10. The molecule has 0 amide bonds. The van der Waals surface area contributed by atoms with Crippen LogP contribution in [0.4, 0.5) is 0 Å². The van der Waals surface area contributed by atoms with Crippen molar-refractivity contribution in [1.82, 2.24) is 9.80 Å². The maximum atomic E-state index is 10.2. The Bertz CT molecular complexity index is 287. The van der Waals surface area contributed by atoms with Crippen LogP contribution in [0.5, 0.6) is 0 Å². The number of hydrogen-bond donors (Lipinski definition) is 0. The number of hydrogen-bond acceptors (Lipinski definition) is 5. The zero-order chi connectivity index (χ0) is 13.9. The van der Waals surface area contributed by atoms with Crippen LogP contribution in [-0.4, -0.2) is 44.9 Å². The lowest BCUT2D eigenvalue weighted by molar-refractivity contribution is 0.246. The van der Waals surface area contributed by atoms with Gasteiger partial charge in [-0.1, -0.05) is 26.2 Å². The third kappa shape index (κ3) is 8.23. The molecule has 1 aliphatic rings. The fourth-order valence-corrected chi connectivity index (χ4v) is 2.35. The Morgan fingerprint density at radius 1 is 1.11 bits per heavy atom. The van der Waals surface area contributed by atoms with Crippen molar-refractivity contribution < 1.29 is 12.9 Å². The summed E-state index contributed by atoms with van der Waals surface area (Å²) in [6.07, 6.45) is 11.2. The second kappa shape index (κ2) is 10.2. The van der Waals surface area contributed by atoms with Crippen molar-refractivity contribution in [3.63, 3.8) is 0 Å². The molecule has 0 aromatic rings. The molecule has 1 heterocycles. The number of rotatable bonds is 11. The van der Waals surface area contributed by atoms with Gasteiger partial charge in [-0.2, -0.15) is 0 Å². The van der Waals surface area contributed by atoms with Gasteiger partial charge in [-0.05, 0) is 19.3 Å². The van der Waals surface area contributed by atoms with E-state index in [1.165, 1.54) is 25.7 Å². The fraction of sp³-hybridized carbons (Fsp3) is 0.846. The highest BCUT2D eigenvalue weighted by atomic mass is 32.2. The largest absolute Gasteiger partial charge is 0.750 e. The molecule has 0 aromatic heterocycles. The molecule has 5 nitrogen and oxygen atoms in total. The molecule has 0 saturated heterocycles. The molecule has 0 N–H and O–H groups in total. The first-order valence-corrected chi connectivity index (χ1v) is 8.11. The lowest BCUT2D eigenvalue weighted by Crippen LogP contribution is -2.26. The van der Waals surface area contributed by atoms with E-state index >= 15 is 0 Å². The van der Waals surface area contributed by atoms with Crippen molar-refractivity contribution in [2.24, 2.45) is 0 Å². The molecule has 1 unspecified atom stereocenters. The summed E-state index contributed by atoms with van der Waals surface area (Å²) in [7, 11) is 0. The van der Waals surface area contributed by atoms with Crippen LogP contribution in [0.3, 0.4) is 0 Å². The van der Waals surface area contributed by atoms with E-state index in [0.717, 1.165) is 32.6 Å². The van der Waals surface area contributed by atoms with E-state index < -0.39 is 11.4 Å². The minimum Gasteiger partial charge on any atom is -0.750 e. The summed E-state index contributed by atoms with van der Waals surface area (Å²) < 4.78 is 24.8. The quantitative estimate of drug-likeness (QED) is 0.431. The van der Waals surface area contributed by atoms with Gasteiger partial charge in [-0.3, -0.25) is 0 Å². The van der Waals surface area contributed by atoms with Crippen LogP contribution in [0.25, 0.3) is 0 Å². The summed E-state index contributed by atoms with van der Waals surface area (Å²) >= 11 is -2.37. The molecule has 6 heteroatoms. The Kier molecular flexibility index (Phi) is 8.86. The van der Waals surface area contributed by atoms with E-state index in [4.69, 9.17) is 0 Å². The van der Waals surface area contributed by atoms with Gasteiger partial charge in [-0.25, -0.2) is 4.21 Å². The van der Waals surface area contributed by atoms with Crippen LogP contribution in [-0.2, 0) is 15.5 Å². The molecule has 1 aliphatic heterocycles. The van der Waals surface area contributed by atoms with Crippen molar-refractivity contribution in [3.8, 4) is 0 Å². The molecule has 112 valence electrons. The van der Waals surface area contributed by atoms with Crippen LogP contribution in [0.1, 0.15) is 45.4 Å². The second-order valence-corrected chi connectivity index (χ2v) is 5.50. The highest BCUT2D eigenvalue weighted by molar-refractivity contribution is 7.74. The molecular weight excluding hydrogens is 264 g/mol. The summed E-state index contributed by atoms with van der Waals surface area (Å²) in [5.74, 6) is 0.